The summed E-state index contributed by atoms with van der Waals surface area (Å²) in [6.07, 6.45) is 0. The monoisotopic (exact) mass is 507 g/mol. The van der Waals surface area contributed by atoms with Crippen molar-refractivity contribution in [1.82, 2.24) is 5.32 Å². The van der Waals surface area contributed by atoms with Gasteiger partial charge in [0, 0.05) is 11.6 Å². The van der Waals surface area contributed by atoms with Gasteiger partial charge in [-0.25, -0.2) is 0 Å². The highest BCUT2D eigenvalue weighted by Crippen LogP contribution is 2.40. The van der Waals surface area contributed by atoms with Crippen LogP contribution in [0, 0.1) is 38.0 Å². The second-order valence-electron chi connectivity index (χ2n) is 8.43. The molecule has 0 aromatic heterocycles. The molecule has 0 bridgehead atoms. The highest BCUT2D eigenvalue weighted by atomic mass is 32.2. The van der Waals surface area contributed by atoms with Crippen LogP contribution in [0.2, 0.25) is 0 Å². The minimum Gasteiger partial charge on any atom is -0.494 e. The second-order valence-corrected chi connectivity index (χ2v) is 9.42. The molecule has 2 atom stereocenters. The molecular weight excluding hydrogens is 478 g/mol. The fraction of sp³-hybridized carbons (Fsp3) is 0.333. The zero-order valence-corrected chi connectivity index (χ0v) is 21.7. The quantitative estimate of drug-likeness (QED) is 0.408. The van der Waals surface area contributed by atoms with E-state index in [1.54, 1.807) is 24.3 Å². The Kier molecular flexibility index (Phi) is 8.78. The van der Waals surface area contributed by atoms with Crippen molar-refractivity contribution >= 4 is 35.2 Å². The van der Waals surface area contributed by atoms with Gasteiger partial charge in [0.15, 0.2) is 0 Å². The zero-order chi connectivity index (χ0) is 26.4. The second kappa shape index (κ2) is 11.8. The number of carbonyl (C=O) groups is 3. The molecule has 2 aromatic carbocycles. The third kappa shape index (κ3) is 5.89. The number of allylic oxidation sites excluding steroid dienone is 1. The van der Waals surface area contributed by atoms with Crippen molar-refractivity contribution in [2.75, 3.05) is 24.8 Å². The first-order chi connectivity index (χ1) is 17.2. The Morgan fingerprint density at radius 2 is 1.78 bits per heavy atom. The van der Waals surface area contributed by atoms with Gasteiger partial charge in [-0.1, -0.05) is 41.6 Å². The Morgan fingerprint density at radius 3 is 2.33 bits per heavy atom. The van der Waals surface area contributed by atoms with Gasteiger partial charge in [0.2, 0.25) is 11.8 Å². The summed E-state index contributed by atoms with van der Waals surface area (Å²) >= 11 is 1.04. The van der Waals surface area contributed by atoms with Crippen LogP contribution in [0.25, 0.3) is 0 Å². The van der Waals surface area contributed by atoms with E-state index in [1.165, 1.54) is 7.11 Å². The average Bonchev–Trinajstić information content (AvgIpc) is 2.84. The molecule has 1 aliphatic heterocycles. The van der Waals surface area contributed by atoms with Crippen LogP contribution in [-0.2, 0) is 19.1 Å². The Hall–Kier alpha value is -3.77. The molecule has 0 spiro atoms. The molecule has 8 nitrogen and oxygen atoms in total. The maximum absolute atomic E-state index is 13.0. The lowest BCUT2D eigenvalue weighted by Gasteiger charge is -2.31. The molecule has 2 aromatic rings. The molecule has 0 fully saturated rings. The maximum Gasteiger partial charge on any atom is 0.319 e. The van der Waals surface area contributed by atoms with Crippen LogP contribution in [0.4, 0.5) is 5.69 Å². The van der Waals surface area contributed by atoms with Gasteiger partial charge >= 0.3 is 5.97 Å². The van der Waals surface area contributed by atoms with Crippen LogP contribution in [0.15, 0.2) is 47.0 Å². The van der Waals surface area contributed by atoms with Crippen molar-refractivity contribution in [3.8, 4) is 11.8 Å². The Balaban J connectivity index is 1.90. The molecule has 1 heterocycles. The first-order valence-corrected chi connectivity index (χ1v) is 12.4. The van der Waals surface area contributed by atoms with Gasteiger partial charge in [0.05, 0.1) is 36.1 Å². The van der Waals surface area contributed by atoms with Crippen molar-refractivity contribution in [2.24, 2.45) is 5.92 Å². The van der Waals surface area contributed by atoms with E-state index in [0.29, 0.717) is 17.9 Å². The number of thioether (sulfide) groups is 1. The number of nitrogens with one attached hydrogen (secondary N) is 2. The Morgan fingerprint density at radius 1 is 1.14 bits per heavy atom. The summed E-state index contributed by atoms with van der Waals surface area (Å²) in [7, 11) is 1.20. The number of hydrogen-bond acceptors (Lipinski definition) is 7. The largest absolute Gasteiger partial charge is 0.494 e. The van der Waals surface area contributed by atoms with Crippen molar-refractivity contribution in [2.45, 2.75) is 33.6 Å². The van der Waals surface area contributed by atoms with Crippen LogP contribution < -0.4 is 15.4 Å². The third-order valence-electron chi connectivity index (χ3n) is 5.82. The van der Waals surface area contributed by atoms with Gasteiger partial charge in [0.1, 0.15) is 11.7 Å². The van der Waals surface area contributed by atoms with Crippen molar-refractivity contribution in [1.29, 1.82) is 5.26 Å². The lowest BCUT2D eigenvalue weighted by Crippen LogP contribution is -2.44. The summed E-state index contributed by atoms with van der Waals surface area (Å²) in [6.45, 7) is 8.20. The van der Waals surface area contributed by atoms with Gasteiger partial charge in [0.25, 0.3) is 0 Å². The van der Waals surface area contributed by atoms with Gasteiger partial charge in [-0.15, -0.1) is 0 Å². The van der Waals surface area contributed by atoms with Crippen LogP contribution in [-0.4, -0.2) is 37.3 Å². The molecule has 0 aliphatic carbocycles. The molecule has 9 heteroatoms. The van der Waals surface area contributed by atoms with Crippen molar-refractivity contribution < 1.29 is 23.9 Å². The highest BCUT2D eigenvalue weighted by molar-refractivity contribution is 8.03. The average molecular weight is 508 g/mol. The van der Waals surface area contributed by atoms with Gasteiger partial charge < -0.3 is 20.1 Å². The van der Waals surface area contributed by atoms with E-state index in [1.807, 2.05) is 39.8 Å². The predicted molar refractivity (Wildman–Crippen MR) is 138 cm³/mol. The molecule has 188 valence electrons. The zero-order valence-electron chi connectivity index (χ0n) is 20.9. The van der Waals surface area contributed by atoms with E-state index in [9.17, 15) is 19.6 Å². The molecule has 2 unspecified atom stereocenters. The lowest BCUT2D eigenvalue weighted by atomic mass is 9.78. The smallest absolute Gasteiger partial charge is 0.319 e. The van der Waals surface area contributed by atoms with E-state index in [0.717, 1.165) is 34.1 Å². The summed E-state index contributed by atoms with van der Waals surface area (Å²) in [6, 6.07) is 13.0. The van der Waals surface area contributed by atoms with E-state index in [4.69, 9.17) is 9.47 Å². The standard InChI is InChI=1S/C27H29N3O5S/c1-6-35-19-9-7-18(8-10-19)22-20(13-28)26(30-25(32)23(22)27(33)34-5)36-14-21(31)29-24-16(3)11-15(2)12-17(24)4/h7-12,22-23H,6,14H2,1-5H3,(H,29,31)(H,30,32). The van der Waals surface area contributed by atoms with Crippen LogP contribution in [0.5, 0.6) is 5.75 Å². The number of nitriles is 1. The molecule has 0 saturated carbocycles. The number of nitrogens with zero attached hydrogens (tertiary/aromatic N) is 1. The number of ether oxygens (including phenoxy) is 2. The number of aryl methyl sites for hydroxylation is 3. The number of hydrogen-bond donors (Lipinski definition) is 2. The van der Waals surface area contributed by atoms with Crippen LogP contribution in [0.1, 0.15) is 35.1 Å². The number of amides is 2. The molecular formula is C27H29N3O5S. The first kappa shape index (κ1) is 26.8. The number of anilines is 1. The fourth-order valence-corrected chi connectivity index (χ4v) is 5.16. The van der Waals surface area contributed by atoms with Crippen molar-refractivity contribution in [3.63, 3.8) is 0 Å². The molecule has 3 rings (SSSR count). The van der Waals surface area contributed by atoms with E-state index < -0.39 is 23.7 Å². The Labute approximate surface area is 215 Å². The molecule has 2 N–H and O–H groups in total. The maximum atomic E-state index is 13.0. The topological polar surface area (TPSA) is 118 Å². The predicted octanol–water partition coefficient (Wildman–Crippen LogP) is 4.12. The Bertz CT molecular complexity index is 1220. The van der Waals surface area contributed by atoms with Gasteiger partial charge in [-0.2, -0.15) is 5.26 Å². The summed E-state index contributed by atoms with van der Waals surface area (Å²) in [4.78, 5) is 38.3. The number of esters is 1. The van der Waals surface area contributed by atoms with Crippen molar-refractivity contribution in [3.05, 3.63) is 69.3 Å². The molecule has 0 radical (unpaired) electrons. The van der Waals surface area contributed by atoms with E-state index in [2.05, 4.69) is 16.7 Å². The van der Waals surface area contributed by atoms with Crippen LogP contribution >= 0.6 is 11.8 Å². The number of carbonyl (C=O) groups excluding carboxylic acids is 3. The van der Waals surface area contributed by atoms with E-state index in [-0.39, 0.29) is 22.3 Å². The lowest BCUT2D eigenvalue weighted by molar-refractivity contribution is -0.150. The number of methoxy groups -OCH3 is 1. The third-order valence-corrected chi connectivity index (χ3v) is 6.84. The highest BCUT2D eigenvalue weighted by Gasteiger charge is 2.44. The van der Waals surface area contributed by atoms with Gasteiger partial charge in [-0.05, 0) is 56.5 Å². The summed E-state index contributed by atoms with van der Waals surface area (Å²) < 4.78 is 10.3. The van der Waals surface area contributed by atoms with E-state index >= 15 is 0 Å². The minimum atomic E-state index is -1.24. The molecule has 1 aliphatic rings. The normalized spacial score (nSPS) is 17.2. The number of rotatable bonds is 8. The summed E-state index contributed by atoms with van der Waals surface area (Å²) in [5, 5.41) is 15.8. The summed E-state index contributed by atoms with van der Waals surface area (Å²) in [5.41, 5.74) is 4.52. The molecule has 2 amide bonds. The van der Waals surface area contributed by atoms with Crippen LogP contribution in [0.3, 0.4) is 0 Å². The van der Waals surface area contributed by atoms with Gasteiger partial charge in [-0.3, -0.25) is 14.4 Å². The first-order valence-electron chi connectivity index (χ1n) is 11.5. The number of benzene rings is 2. The summed E-state index contributed by atoms with van der Waals surface area (Å²) in [5.74, 6) is -3.11. The minimum absolute atomic E-state index is 0.0353. The fourth-order valence-electron chi connectivity index (χ4n) is 4.31. The molecule has 0 saturated heterocycles. The SMILES string of the molecule is CCOc1ccc(C2C(C#N)=C(SCC(=O)Nc3c(C)cc(C)cc3C)NC(=O)C2C(=O)OC)cc1. The molecule has 36 heavy (non-hydrogen) atoms.